The number of pyridine rings is 1. The second kappa shape index (κ2) is 6.43. The van der Waals surface area contributed by atoms with Crippen molar-refractivity contribution in [2.75, 3.05) is 14.1 Å². The number of thioether (sulfide) groups is 1. The molecule has 0 saturated carbocycles. The van der Waals surface area contributed by atoms with Crippen molar-refractivity contribution >= 4 is 17.7 Å². The molecule has 0 aliphatic heterocycles. The number of aromatic nitrogens is 1. The van der Waals surface area contributed by atoms with E-state index in [-0.39, 0.29) is 5.91 Å². The zero-order chi connectivity index (χ0) is 14.5. The highest BCUT2D eigenvalue weighted by atomic mass is 32.2. The number of carbonyl (C=O) groups excluding carboxylic acids is 1. The Hall–Kier alpha value is -2.01. The lowest BCUT2D eigenvalue weighted by atomic mass is 10.1. The van der Waals surface area contributed by atoms with E-state index in [0.717, 1.165) is 10.3 Å². The quantitative estimate of drug-likeness (QED) is 0.492. The lowest BCUT2D eigenvalue weighted by Gasteiger charge is -2.19. The van der Waals surface area contributed by atoms with Gasteiger partial charge in [0.2, 0.25) is 5.91 Å². The number of carbonyl (C=O) groups is 1. The topological polar surface area (TPSA) is 47.2 Å². The van der Waals surface area contributed by atoms with Crippen molar-refractivity contribution in [2.24, 2.45) is 0 Å². The Kier molecular flexibility index (Phi) is 4.63. The third kappa shape index (κ3) is 3.30. The molecule has 1 atom stereocenters. The molecule has 2 aromatic rings. The van der Waals surface area contributed by atoms with Gasteiger partial charge in [-0.05, 0) is 23.4 Å². The van der Waals surface area contributed by atoms with E-state index in [1.807, 2.05) is 30.3 Å². The van der Waals surface area contributed by atoms with Crippen molar-refractivity contribution in [2.45, 2.75) is 10.3 Å². The summed E-state index contributed by atoms with van der Waals surface area (Å²) in [7, 11) is 3.43. The molecule has 1 amide bonds. The maximum absolute atomic E-state index is 12.4. The van der Waals surface area contributed by atoms with Crippen LogP contribution in [0.3, 0.4) is 0 Å². The molecule has 104 valence electrons. The highest BCUT2D eigenvalue weighted by Gasteiger charge is 2.26. The van der Waals surface area contributed by atoms with Crippen molar-refractivity contribution in [3.8, 4) is 0 Å². The summed E-state index contributed by atoms with van der Waals surface area (Å²) in [4.78, 5) is 13.9. The van der Waals surface area contributed by atoms with Crippen LogP contribution in [0, 0.1) is 5.21 Å². The van der Waals surface area contributed by atoms with Gasteiger partial charge in [0.1, 0.15) is 5.25 Å². The first-order chi connectivity index (χ1) is 9.59. The maximum atomic E-state index is 12.4. The molecule has 1 aromatic carbocycles. The molecule has 2 rings (SSSR count). The Morgan fingerprint density at radius 3 is 2.40 bits per heavy atom. The Morgan fingerprint density at radius 1 is 1.15 bits per heavy atom. The predicted molar refractivity (Wildman–Crippen MR) is 79.1 cm³/mol. The second-order valence-electron chi connectivity index (χ2n) is 4.51. The molecule has 0 saturated heterocycles. The van der Waals surface area contributed by atoms with Gasteiger partial charge in [-0.1, -0.05) is 30.3 Å². The summed E-state index contributed by atoms with van der Waals surface area (Å²) < 4.78 is 0.781. The number of amides is 1. The molecule has 1 aromatic heterocycles. The normalized spacial score (nSPS) is 11.9. The molecule has 0 radical (unpaired) electrons. The molecule has 0 N–H and O–H groups in total. The van der Waals surface area contributed by atoms with Gasteiger partial charge in [0.25, 0.3) is 5.03 Å². The zero-order valence-corrected chi connectivity index (χ0v) is 12.2. The maximum Gasteiger partial charge on any atom is 0.252 e. The SMILES string of the molecule is CN(C)C(=O)C(Sc1cccc[n+]1[O-])c1ccccc1. The largest absolute Gasteiger partial charge is 0.618 e. The van der Waals surface area contributed by atoms with Gasteiger partial charge in [-0.2, -0.15) is 4.73 Å². The molecule has 0 spiro atoms. The summed E-state index contributed by atoms with van der Waals surface area (Å²) in [5, 5.41) is 11.8. The van der Waals surface area contributed by atoms with Gasteiger partial charge in [-0.25, -0.2) is 0 Å². The second-order valence-corrected chi connectivity index (χ2v) is 5.63. The van der Waals surface area contributed by atoms with E-state index in [4.69, 9.17) is 0 Å². The van der Waals surface area contributed by atoms with Gasteiger partial charge in [0.15, 0.2) is 6.20 Å². The predicted octanol–water partition coefficient (Wildman–Crippen LogP) is 2.24. The molecular formula is C15H16N2O2S. The van der Waals surface area contributed by atoms with Crippen molar-refractivity contribution in [3.63, 3.8) is 0 Å². The average molecular weight is 288 g/mol. The summed E-state index contributed by atoms with van der Waals surface area (Å²) in [5.74, 6) is -0.0370. The Bertz CT molecular complexity index is 587. The van der Waals surface area contributed by atoms with Crippen molar-refractivity contribution in [1.29, 1.82) is 0 Å². The van der Waals surface area contributed by atoms with E-state index in [9.17, 15) is 10.0 Å². The Morgan fingerprint density at radius 2 is 1.80 bits per heavy atom. The number of hydrogen-bond donors (Lipinski definition) is 0. The highest BCUT2D eigenvalue weighted by Crippen LogP contribution is 2.34. The first kappa shape index (κ1) is 14.4. The summed E-state index contributed by atoms with van der Waals surface area (Å²) in [6, 6.07) is 14.7. The van der Waals surface area contributed by atoms with Gasteiger partial charge in [-0.3, -0.25) is 4.79 Å². The van der Waals surface area contributed by atoms with Crippen LogP contribution in [-0.2, 0) is 4.79 Å². The number of benzene rings is 1. The van der Waals surface area contributed by atoms with Crippen LogP contribution in [0.1, 0.15) is 10.8 Å². The highest BCUT2D eigenvalue weighted by molar-refractivity contribution is 8.00. The van der Waals surface area contributed by atoms with Crippen molar-refractivity contribution < 1.29 is 9.52 Å². The van der Waals surface area contributed by atoms with E-state index >= 15 is 0 Å². The Balaban J connectivity index is 2.33. The molecule has 4 nitrogen and oxygen atoms in total. The Labute approximate surface area is 122 Å². The fourth-order valence-electron chi connectivity index (χ4n) is 1.75. The fourth-order valence-corrected chi connectivity index (χ4v) is 2.92. The standard InChI is InChI=1S/C15H16N2O2S/c1-16(2)15(18)14(12-8-4-3-5-9-12)20-13-10-6-7-11-17(13)19/h3-11,14H,1-2H3. The molecule has 0 bridgehead atoms. The lowest BCUT2D eigenvalue weighted by Crippen LogP contribution is -2.31. The van der Waals surface area contributed by atoms with Crippen LogP contribution in [-0.4, -0.2) is 24.9 Å². The number of likely N-dealkylation sites (N-methyl/N-ethyl adjacent to an activating group) is 1. The van der Waals surface area contributed by atoms with Crippen LogP contribution in [0.25, 0.3) is 0 Å². The summed E-state index contributed by atoms with van der Waals surface area (Å²) in [6.45, 7) is 0. The van der Waals surface area contributed by atoms with Gasteiger partial charge in [0, 0.05) is 26.2 Å². The van der Waals surface area contributed by atoms with Gasteiger partial charge < -0.3 is 10.1 Å². The molecule has 1 unspecified atom stereocenters. The van der Waals surface area contributed by atoms with Crippen molar-refractivity contribution in [1.82, 2.24) is 4.90 Å². The summed E-state index contributed by atoms with van der Waals surface area (Å²) in [5.41, 5.74) is 0.889. The molecule has 1 heterocycles. The first-order valence-electron chi connectivity index (χ1n) is 6.20. The third-order valence-corrected chi connectivity index (χ3v) is 4.06. The minimum atomic E-state index is -0.422. The van der Waals surface area contributed by atoms with Crippen LogP contribution in [0.4, 0.5) is 0 Å². The number of rotatable bonds is 4. The summed E-state index contributed by atoms with van der Waals surface area (Å²) in [6.07, 6.45) is 1.44. The molecular weight excluding hydrogens is 272 g/mol. The van der Waals surface area contributed by atoms with E-state index in [1.165, 1.54) is 18.0 Å². The molecule has 20 heavy (non-hydrogen) atoms. The first-order valence-corrected chi connectivity index (χ1v) is 7.08. The minimum absolute atomic E-state index is 0.0370. The molecule has 0 aliphatic carbocycles. The van der Waals surface area contributed by atoms with Gasteiger partial charge >= 0.3 is 0 Å². The van der Waals surface area contributed by atoms with E-state index in [0.29, 0.717) is 5.03 Å². The van der Waals surface area contributed by atoms with E-state index < -0.39 is 5.25 Å². The van der Waals surface area contributed by atoms with Crippen LogP contribution in [0.15, 0.2) is 59.8 Å². The third-order valence-electron chi connectivity index (χ3n) is 2.79. The van der Waals surface area contributed by atoms with Gasteiger partial charge in [-0.15, -0.1) is 0 Å². The summed E-state index contributed by atoms with van der Waals surface area (Å²) >= 11 is 1.26. The van der Waals surface area contributed by atoms with Crippen molar-refractivity contribution in [3.05, 3.63) is 65.5 Å². The van der Waals surface area contributed by atoms with Crippen LogP contribution in [0.2, 0.25) is 0 Å². The van der Waals surface area contributed by atoms with E-state index in [2.05, 4.69) is 0 Å². The molecule has 0 aliphatic rings. The molecule has 5 heteroatoms. The number of hydrogen-bond acceptors (Lipinski definition) is 3. The minimum Gasteiger partial charge on any atom is -0.618 e. The van der Waals surface area contributed by atoms with Crippen LogP contribution >= 0.6 is 11.8 Å². The monoisotopic (exact) mass is 288 g/mol. The van der Waals surface area contributed by atoms with E-state index in [1.54, 1.807) is 37.2 Å². The lowest BCUT2D eigenvalue weighted by molar-refractivity contribution is -0.645. The fraction of sp³-hybridized carbons (Fsp3) is 0.200. The average Bonchev–Trinajstić information content (AvgIpc) is 2.46. The molecule has 0 fully saturated rings. The van der Waals surface area contributed by atoms with Crippen LogP contribution in [0.5, 0.6) is 0 Å². The van der Waals surface area contributed by atoms with Gasteiger partial charge in [0.05, 0.1) is 0 Å². The zero-order valence-electron chi connectivity index (χ0n) is 11.4. The number of nitrogens with zero attached hydrogens (tertiary/aromatic N) is 2. The smallest absolute Gasteiger partial charge is 0.252 e. The van der Waals surface area contributed by atoms with Crippen LogP contribution < -0.4 is 4.73 Å².